The van der Waals surface area contributed by atoms with Crippen molar-refractivity contribution in [1.29, 1.82) is 0 Å². The van der Waals surface area contributed by atoms with E-state index in [-0.39, 0.29) is 12.0 Å². The largest absolute Gasteiger partial charge is 0.443 e. The molecule has 0 bridgehead atoms. The van der Waals surface area contributed by atoms with Crippen molar-refractivity contribution < 1.29 is 14.3 Å². The van der Waals surface area contributed by atoms with E-state index in [4.69, 9.17) is 4.74 Å². The second-order valence-corrected chi connectivity index (χ2v) is 8.05. The molecule has 0 saturated carbocycles. The summed E-state index contributed by atoms with van der Waals surface area (Å²) in [4.78, 5) is 25.7. The summed E-state index contributed by atoms with van der Waals surface area (Å²) in [5.74, 6) is 0.675. The minimum atomic E-state index is -0.533. The molecule has 1 N–H and O–H groups in total. The summed E-state index contributed by atoms with van der Waals surface area (Å²) in [6.07, 6.45) is 2.59. The molecule has 0 saturated heterocycles. The summed E-state index contributed by atoms with van der Waals surface area (Å²) in [6.45, 7) is 10.6. The third-order valence-electron chi connectivity index (χ3n) is 3.91. The molecule has 1 aromatic carbocycles. The smallest absolute Gasteiger partial charge is 0.414 e. The van der Waals surface area contributed by atoms with Crippen LogP contribution in [-0.4, -0.2) is 31.2 Å². The van der Waals surface area contributed by atoms with Crippen LogP contribution >= 0.6 is 0 Å². The third kappa shape index (κ3) is 8.37. The van der Waals surface area contributed by atoms with Gasteiger partial charge < -0.3 is 10.1 Å². The fraction of sp³-hybridized carbons (Fsp3) is 0.619. The highest BCUT2D eigenvalue weighted by molar-refractivity contribution is 5.88. The van der Waals surface area contributed by atoms with Crippen molar-refractivity contribution in [2.24, 2.45) is 5.92 Å². The van der Waals surface area contributed by atoms with Gasteiger partial charge in [-0.3, -0.25) is 9.69 Å². The fourth-order valence-electron chi connectivity index (χ4n) is 2.51. The van der Waals surface area contributed by atoms with Crippen LogP contribution in [0.2, 0.25) is 0 Å². The first kappa shape index (κ1) is 22.0. The topological polar surface area (TPSA) is 58.6 Å². The number of hydrogen-bond donors (Lipinski definition) is 1. The van der Waals surface area contributed by atoms with Gasteiger partial charge in [0.25, 0.3) is 0 Å². The number of para-hydroxylation sites is 1. The molecule has 1 aromatic rings. The lowest BCUT2D eigenvalue weighted by molar-refractivity contribution is -0.121. The van der Waals surface area contributed by atoms with E-state index >= 15 is 0 Å². The van der Waals surface area contributed by atoms with Crippen LogP contribution in [0.25, 0.3) is 0 Å². The van der Waals surface area contributed by atoms with Gasteiger partial charge in [0.15, 0.2) is 0 Å². The minimum Gasteiger partial charge on any atom is -0.443 e. The number of carbonyl (C=O) groups excluding carboxylic acids is 2. The Balaban J connectivity index is 2.58. The Morgan fingerprint density at radius 1 is 1.19 bits per heavy atom. The van der Waals surface area contributed by atoms with E-state index in [1.54, 1.807) is 7.05 Å². The summed E-state index contributed by atoms with van der Waals surface area (Å²) in [5, 5.41) is 2.96. The molecule has 5 heteroatoms. The molecular weight excluding hydrogens is 328 g/mol. The van der Waals surface area contributed by atoms with Crippen molar-refractivity contribution in [2.75, 3.05) is 18.5 Å². The maximum absolute atomic E-state index is 12.3. The Morgan fingerprint density at radius 3 is 2.46 bits per heavy atom. The number of rotatable bonds is 8. The highest BCUT2D eigenvalue weighted by Gasteiger charge is 2.21. The minimum absolute atomic E-state index is 0.0867. The zero-order valence-corrected chi connectivity index (χ0v) is 17.1. The molecule has 1 rings (SSSR count). The molecule has 0 aliphatic heterocycles. The lowest BCUT2D eigenvalue weighted by Gasteiger charge is -2.26. The number of hydrogen-bond acceptors (Lipinski definition) is 3. The molecule has 0 aliphatic rings. The molecular formula is C21H34N2O3. The molecule has 0 atom stereocenters. The van der Waals surface area contributed by atoms with Crippen molar-refractivity contribution in [3.63, 3.8) is 0 Å². The van der Waals surface area contributed by atoms with E-state index in [1.807, 2.05) is 45.0 Å². The van der Waals surface area contributed by atoms with Gasteiger partial charge in [-0.15, -0.1) is 0 Å². The van der Waals surface area contributed by atoms with Gasteiger partial charge in [0.1, 0.15) is 5.60 Å². The van der Waals surface area contributed by atoms with Gasteiger partial charge >= 0.3 is 6.09 Å². The highest BCUT2D eigenvalue weighted by atomic mass is 16.6. The Hall–Kier alpha value is -2.04. The van der Waals surface area contributed by atoms with Gasteiger partial charge in [0, 0.05) is 25.7 Å². The van der Waals surface area contributed by atoms with Gasteiger partial charge in [0.2, 0.25) is 5.91 Å². The zero-order chi connectivity index (χ0) is 19.7. The van der Waals surface area contributed by atoms with Gasteiger partial charge in [-0.05, 0) is 57.6 Å². The van der Waals surface area contributed by atoms with Crippen LogP contribution in [0.5, 0.6) is 0 Å². The molecule has 0 heterocycles. The van der Waals surface area contributed by atoms with Crippen LogP contribution < -0.4 is 10.2 Å². The Kier molecular flexibility index (Phi) is 8.62. The predicted octanol–water partition coefficient (Wildman–Crippen LogP) is 4.54. The number of anilines is 1. The molecule has 0 radical (unpaired) electrons. The van der Waals surface area contributed by atoms with Gasteiger partial charge in [-0.25, -0.2) is 4.79 Å². The van der Waals surface area contributed by atoms with Gasteiger partial charge in [-0.2, -0.15) is 0 Å². The van der Waals surface area contributed by atoms with E-state index < -0.39 is 5.60 Å². The van der Waals surface area contributed by atoms with Gasteiger partial charge in [-0.1, -0.05) is 32.0 Å². The summed E-state index contributed by atoms with van der Waals surface area (Å²) < 4.78 is 5.44. The highest BCUT2D eigenvalue weighted by Crippen LogP contribution is 2.23. The number of benzene rings is 1. The molecule has 0 unspecified atom stereocenters. The number of aryl methyl sites for hydroxylation is 1. The third-order valence-corrected chi connectivity index (χ3v) is 3.91. The maximum atomic E-state index is 12.3. The van der Waals surface area contributed by atoms with Crippen molar-refractivity contribution >= 4 is 17.7 Å². The van der Waals surface area contributed by atoms with E-state index in [9.17, 15) is 9.59 Å². The maximum Gasteiger partial charge on any atom is 0.414 e. The molecule has 5 nitrogen and oxygen atoms in total. The first-order chi connectivity index (χ1) is 12.1. The van der Waals surface area contributed by atoms with Crippen molar-refractivity contribution in [3.05, 3.63) is 29.8 Å². The summed E-state index contributed by atoms with van der Waals surface area (Å²) >= 11 is 0. The second kappa shape index (κ2) is 10.2. The van der Waals surface area contributed by atoms with E-state index in [0.29, 0.717) is 12.3 Å². The normalized spacial score (nSPS) is 11.3. The number of nitrogens with zero attached hydrogens (tertiary/aromatic N) is 1. The Morgan fingerprint density at radius 2 is 1.85 bits per heavy atom. The average molecular weight is 363 g/mol. The molecule has 0 aliphatic carbocycles. The Bertz CT molecular complexity index is 591. The van der Waals surface area contributed by atoms with Gasteiger partial charge in [0.05, 0.1) is 0 Å². The fourth-order valence-corrected chi connectivity index (χ4v) is 2.51. The van der Waals surface area contributed by atoms with E-state index in [1.165, 1.54) is 4.90 Å². The molecule has 2 amide bonds. The summed E-state index contributed by atoms with van der Waals surface area (Å²) in [6, 6.07) is 7.75. The predicted molar refractivity (Wildman–Crippen MR) is 106 cm³/mol. The first-order valence-electron chi connectivity index (χ1n) is 9.41. The number of carbonyl (C=O) groups is 2. The van der Waals surface area contributed by atoms with Crippen LogP contribution in [-0.2, 0) is 16.0 Å². The lowest BCUT2D eigenvalue weighted by atomic mass is 10.1. The van der Waals surface area contributed by atoms with Crippen LogP contribution in [0.3, 0.4) is 0 Å². The molecule has 0 fully saturated rings. The quantitative estimate of drug-likeness (QED) is 0.738. The monoisotopic (exact) mass is 362 g/mol. The molecule has 146 valence electrons. The van der Waals surface area contributed by atoms with Crippen molar-refractivity contribution in [1.82, 2.24) is 5.32 Å². The molecule has 0 spiro atoms. The summed E-state index contributed by atoms with van der Waals surface area (Å²) in [5.41, 5.74) is 1.33. The lowest BCUT2D eigenvalue weighted by Crippen LogP contribution is -2.34. The van der Waals surface area contributed by atoms with Crippen LogP contribution in [0.1, 0.15) is 59.4 Å². The number of amides is 2. The second-order valence-electron chi connectivity index (χ2n) is 8.05. The zero-order valence-electron chi connectivity index (χ0n) is 17.1. The number of ether oxygens (including phenoxy) is 1. The van der Waals surface area contributed by atoms with E-state index in [2.05, 4.69) is 19.2 Å². The number of nitrogens with one attached hydrogen (secondary N) is 1. The van der Waals surface area contributed by atoms with Crippen LogP contribution in [0.15, 0.2) is 24.3 Å². The SMILES string of the molecule is CC(C)CCNC(=O)CCCc1ccccc1N(C)C(=O)OC(C)(C)C. The first-order valence-corrected chi connectivity index (χ1v) is 9.41. The van der Waals surface area contributed by atoms with Crippen molar-refractivity contribution in [3.8, 4) is 0 Å². The van der Waals surface area contributed by atoms with Crippen LogP contribution in [0, 0.1) is 5.92 Å². The molecule has 0 aromatic heterocycles. The average Bonchev–Trinajstić information content (AvgIpc) is 2.52. The van der Waals surface area contributed by atoms with E-state index in [0.717, 1.165) is 37.1 Å². The van der Waals surface area contributed by atoms with Crippen molar-refractivity contribution in [2.45, 2.75) is 65.9 Å². The van der Waals surface area contributed by atoms with Crippen LogP contribution in [0.4, 0.5) is 10.5 Å². The molecule has 26 heavy (non-hydrogen) atoms. The Labute approximate surface area is 158 Å². The summed E-state index contributed by atoms with van der Waals surface area (Å²) in [7, 11) is 1.71. The standard InChI is InChI=1S/C21H34N2O3/c1-16(2)14-15-22-19(24)13-9-11-17-10-7-8-12-18(17)23(6)20(25)26-21(3,4)5/h7-8,10,12,16H,9,11,13-15H2,1-6H3,(H,22,24).